The number of ether oxygens (including phenoxy) is 1. The van der Waals surface area contributed by atoms with Gasteiger partial charge in [0.2, 0.25) is 5.43 Å². The second-order valence-electron chi connectivity index (χ2n) is 9.91. The Morgan fingerprint density at radius 2 is 1.86 bits per heavy atom. The largest absolute Gasteiger partial charge is 0.464 e. The number of likely N-dealkylation sites (tertiary alicyclic amines) is 1. The molecule has 0 saturated carbocycles. The molecule has 0 atom stereocenters. The standard InChI is InChI=1S/C26H29ClN4O6/c1-15-7-9-17(36-15)14-31(29-25(35)37-26(2,3)4)23(33)20-21(24(34)30-11-5-6-12-30)28-19-13-16(27)8-10-18(19)22(20)32/h7-10,13H,5-6,11-12,14H2,1-4H3,(H,28,32)(H,29,35). The highest BCUT2D eigenvalue weighted by Gasteiger charge is 2.32. The van der Waals surface area contributed by atoms with Crippen molar-refractivity contribution in [1.29, 1.82) is 0 Å². The summed E-state index contributed by atoms with van der Waals surface area (Å²) in [5, 5.41) is 1.46. The quantitative estimate of drug-likeness (QED) is 0.483. The summed E-state index contributed by atoms with van der Waals surface area (Å²) in [7, 11) is 0. The van der Waals surface area contributed by atoms with Crippen LogP contribution in [0.1, 0.15) is 66.0 Å². The molecule has 0 aliphatic carbocycles. The van der Waals surface area contributed by atoms with Crippen LogP contribution in [0.2, 0.25) is 5.02 Å². The minimum atomic E-state index is -0.902. The molecule has 1 aliphatic heterocycles. The molecule has 1 aliphatic rings. The molecule has 2 aromatic heterocycles. The summed E-state index contributed by atoms with van der Waals surface area (Å²) < 4.78 is 10.9. The van der Waals surface area contributed by atoms with Gasteiger partial charge in [-0.25, -0.2) is 15.2 Å². The third kappa shape index (κ3) is 5.96. The molecule has 1 fully saturated rings. The summed E-state index contributed by atoms with van der Waals surface area (Å²) in [4.78, 5) is 58.2. The number of furan rings is 1. The van der Waals surface area contributed by atoms with Crippen LogP contribution in [0.3, 0.4) is 0 Å². The number of aryl methyl sites for hydroxylation is 1. The lowest BCUT2D eigenvalue weighted by Gasteiger charge is -2.26. The van der Waals surface area contributed by atoms with E-state index < -0.39 is 34.5 Å². The predicted molar refractivity (Wildman–Crippen MR) is 137 cm³/mol. The van der Waals surface area contributed by atoms with E-state index in [1.165, 1.54) is 18.2 Å². The molecule has 0 unspecified atom stereocenters. The predicted octanol–water partition coefficient (Wildman–Crippen LogP) is 4.40. The first-order chi connectivity index (χ1) is 17.4. The lowest BCUT2D eigenvalue weighted by molar-refractivity contribution is 0.0270. The zero-order valence-corrected chi connectivity index (χ0v) is 21.9. The SMILES string of the molecule is Cc1ccc(CN(NC(=O)OC(C)(C)C)C(=O)c2c(C(=O)N3CCCC3)[nH]c3cc(Cl)ccc3c2=O)o1. The topological polar surface area (TPSA) is 125 Å². The average molecular weight is 529 g/mol. The lowest BCUT2D eigenvalue weighted by Crippen LogP contribution is -2.49. The van der Waals surface area contributed by atoms with Gasteiger partial charge in [-0.05, 0) is 70.9 Å². The minimum Gasteiger partial charge on any atom is -0.464 e. The average Bonchev–Trinajstić information content (AvgIpc) is 3.48. The highest BCUT2D eigenvalue weighted by molar-refractivity contribution is 6.31. The summed E-state index contributed by atoms with van der Waals surface area (Å²) in [6, 6.07) is 7.89. The Morgan fingerprint density at radius 1 is 1.16 bits per heavy atom. The molecule has 3 aromatic rings. The monoisotopic (exact) mass is 528 g/mol. The van der Waals surface area contributed by atoms with Gasteiger partial charge in [0, 0.05) is 23.5 Å². The molecule has 0 bridgehead atoms. The van der Waals surface area contributed by atoms with Gasteiger partial charge in [-0.15, -0.1) is 0 Å². The number of aromatic amines is 1. The molecular formula is C26H29ClN4O6. The molecule has 2 N–H and O–H groups in total. The number of pyridine rings is 1. The Labute approximate surface area is 218 Å². The number of hydrogen-bond donors (Lipinski definition) is 2. The van der Waals surface area contributed by atoms with E-state index in [0.717, 1.165) is 17.9 Å². The summed E-state index contributed by atoms with van der Waals surface area (Å²) in [6.45, 7) is 7.59. The van der Waals surface area contributed by atoms with Crippen molar-refractivity contribution in [3.8, 4) is 0 Å². The van der Waals surface area contributed by atoms with Crippen LogP contribution in [-0.4, -0.2) is 51.5 Å². The van der Waals surface area contributed by atoms with Crippen LogP contribution in [0.25, 0.3) is 10.9 Å². The third-order valence-corrected chi connectivity index (χ3v) is 6.00. The van der Waals surface area contributed by atoms with Crippen molar-refractivity contribution in [3.63, 3.8) is 0 Å². The van der Waals surface area contributed by atoms with E-state index in [0.29, 0.717) is 35.1 Å². The number of H-pyrrole nitrogens is 1. The van der Waals surface area contributed by atoms with Gasteiger partial charge in [0.05, 0.1) is 5.52 Å². The van der Waals surface area contributed by atoms with Crippen LogP contribution < -0.4 is 10.9 Å². The molecule has 1 aromatic carbocycles. The molecule has 11 heteroatoms. The molecule has 0 radical (unpaired) electrons. The van der Waals surface area contributed by atoms with Gasteiger partial charge in [0.1, 0.15) is 34.9 Å². The summed E-state index contributed by atoms with van der Waals surface area (Å²) in [5.41, 5.74) is 0.673. The smallest absolute Gasteiger partial charge is 0.426 e. The first-order valence-electron chi connectivity index (χ1n) is 11.9. The first-order valence-corrected chi connectivity index (χ1v) is 12.3. The summed E-state index contributed by atoms with van der Waals surface area (Å²) in [6.07, 6.45) is 0.742. The van der Waals surface area contributed by atoms with Crippen LogP contribution >= 0.6 is 11.6 Å². The van der Waals surface area contributed by atoms with Gasteiger partial charge in [0.25, 0.3) is 11.8 Å². The molecule has 1 saturated heterocycles. The number of amides is 3. The second kappa shape index (κ2) is 10.3. The fourth-order valence-corrected chi connectivity index (χ4v) is 4.31. The maximum Gasteiger partial charge on any atom is 0.426 e. The van der Waals surface area contributed by atoms with Gasteiger partial charge >= 0.3 is 6.09 Å². The number of benzene rings is 1. The Kier molecular flexibility index (Phi) is 7.31. The molecule has 196 valence electrons. The van der Waals surface area contributed by atoms with Crippen molar-refractivity contribution in [2.75, 3.05) is 13.1 Å². The lowest BCUT2D eigenvalue weighted by atomic mass is 10.1. The molecule has 3 heterocycles. The number of halogens is 1. The fraction of sp³-hybridized carbons (Fsp3) is 0.385. The van der Waals surface area contributed by atoms with E-state index >= 15 is 0 Å². The molecule has 4 rings (SSSR count). The van der Waals surface area contributed by atoms with Crippen molar-refractivity contribution in [2.45, 2.75) is 52.7 Å². The van der Waals surface area contributed by atoms with Gasteiger partial charge < -0.3 is 19.0 Å². The molecular weight excluding hydrogens is 500 g/mol. The van der Waals surface area contributed by atoms with Crippen LogP contribution in [0.15, 0.2) is 39.5 Å². The maximum atomic E-state index is 13.9. The number of nitrogens with one attached hydrogen (secondary N) is 2. The van der Waals surface area contributed by atoms with E-state index in [9.17, 15) is 19.2 Å². The molecule has 37 heavy (non-hydrogen) atoms. The van der Waals surface area contributed by atoms with Crippen molar-refractivity contribution >= 4 is 40.4 Å². The zero-order valence-electron chi connectivity index (χ0n) is 21.1. The highest BCUT2D eigenvalue weighted by Crippen LogP contribution is 2.21. The minimum absolute atomic E-state index is 0.168. The summed E-state index contributed by atoms with van der Waals surface area (Å²) in [5.74, 6) is -0.408. The van der Waals surface area contributed by atoms with Crippen LogP contribution in [0, 0.1) is 6.92 Å². The Bertz CT molecular complexity index is 1410. The molecule has 0 spiro atoms. The van der Waals surface area contributed by atoms with Crippen molar-refractivity contribution in [3.05, 3.63) is 68.4 Å². The van der Waals surface area contributed by atoms with Crippen molar-refractivity contribution in [2.24, 2.45) is 0 Å². The fourth-order valence-electron chi connectivity index (χ4n) is 4.14. The number of hydrogen-bond acceptors (Lipinski definition) is 6. The zero-order chi connectivity index (χ0) is 26.9. The first kappa shape index (κ1) is 26.3. The van der Waals surface area contributed by atoms with E-state index in [4.69, 9.17) is 20.8 Å². The Balaban J connectivity index is 1.82. The normalized spacial score (nSPS) is 13.6. The highest BCUT2D eigenvalue weighted by atomic mass is 35.5. The van der Waals surface area contributed by atoms with Crippen molar-refractivity contribution < 1.29 is 23.5 Å². The van der Waals surface area contributed by atoms with Gasteiger partial charge in [0.15, 0.2) is 0 Å². The Hall–Kier alpha value is -3.79. The van der Waals surface area contributed by atoms with Gasteiger partial charge in [-0.1, -0.05) is 11.6 Å². The number of carbonyl (C=O) groups excluding carboxylic acids is 3. The Morgan fingerprint density at radius 3 is 2.49 bits per heavy atom. The van der Waals surface area contributed by atoms with Crippen LogP contribution in [0.4, 0.5) is 4.79 Å². The number of carbonyl (C=O) groups is 3. The van der Waals surface area contributed by atoms with Crippen LogP contribution in [-0.2, 0) is 11.3 Å². The number of nitrogens with zero attached hydrogens (tertiary/aromatic N) is 2. The molecule has 3 amide bonds. The van der Waals surface area contributed by atoms with E-state index in [2.05, 4.69) is 10.4 Å². The number of fused-ring (bicyclic) bond motifs is 1. The van der Waals surface area contributed by atoms with Crippen LogP contribution in [0.5, 0.6) is 0 Å². The molecule has 10 nitrogen and oxygen atoms in total. The number of hydrazine groups is 1. The second-order valence-corrected chi connectivity index (χ2v) is 10.3. The number of aromatic nitrogens is 1. The third-order valence-electron chi connectivity index (χ3n) is 5.76. The van der Waals surface area contributed by atoms with E-state index in [1.807, 2.05) is 0 Å². The number of rotatable bonds is 4. The van der Waals surface area contributed by atoms with E-state index in [1.54, 1.807) is 44.7 Å². The van der Waals surface area contributed by atoms with E-state index in [-0.39, 0.29) is 17.6 Å². The maximum absolute atomic E-state index is 13.9. The van der Waals surface area contributed by atoms with Gasteiger partial charge in [-0.2, -0.15) is 0 Å². The van der Waals surface area contributed by atoms with Crippen molar-refractivity contribution in [1.82, 2.24) is 20.3 Å². The summed E-state index contributed by atoms with van der Waals surface area (Å²) >= 11 is 6.12. The van der Waals surface area contributed by atoms with Gasteiger partial charge in [-0.3, -0.25) is 14.4 Å².